The van der Waals surface area contributed by atoms with Gasteiger partial charge in [0.1, 0.15) is 23.6 Å². The van der Waals surface area contributed by atoms with Gasteiger partial charge in [0.25, 0.3) is 5.91 Å². The van der Waals surface area contributed by atoms with Gasteiger partial charge in [-0.2, -0.15) is 0 Å². The van der Waals surface area contributed by atoms with Gasteiger partial charge in [0.2, 0.25) is 35.2 Å². The van der Waals surface area contributed by atoms with E-state index in [0.717, 1.165) is 13.0 Å². The largest absolute Gasteiger partial charge is 0.394 e. The van der Waals surface area contributed by atoms with Crippen molar-refractivity contribution in [2.45, 2.75) is 243 Å². The van der Waals surface area contributed by atoms with E-state index in [-0.39, 0.29) is 134 Å². The highest BCUT2D eigenvalue weighted by molar-refractivity contribution is 6.37. The van der Waals surface area contributed by atoms with Crippen LogP contribution < -0.4 is 26.7 Å². The van der Waals surface area contributed by atoms with Crippen LogP contribution in [-0.2, 0) is 52.7 Å². The molecule has 0 rings (SSSR count). The van der Waals surface area contributed by atoms with E-state index >= 15 is 0 Å². The van der Waals surface area contributed by atoms with Crippen molar-refractivity contribution in [1.82, 2.24) is 26.7 Å². The van der Waals surface area contributed by atoms with Crippen molar-refractivity contribution in [3.63, 3.8) is 0 Å². The quantitative estimate of drug-likeness (QED) is 0.0336. The van der Waals surface area contributed by atoms with Gasteiger partial charge in [-0.15, -0.1) is 0 Å². The molecule has 0 radical (unpaired) electrons. The Morgan fingerprint density at radius 3 is 0.953 bits per heavy atom. The van der Waals surface area contributed by atoms with E-state index in [1.165, 1.54) is 26.3 Å². The molecule has 0 aliphatic heterocycles. The Hall–Kier alpha value is -4.95. The maximum atomic E-state index is 11.1. The van der Waals surface area contributed by atoms with Gasteiger partial charge in [-0.1, -0.05) is 153 Å². The van der Waals surface area contributed by atoms with E-state index in [2.05, 4.69) is 21.3 Å². The first-order chi connectivity index (χ1) is 38.0. The lowest BCUT2D eigenvalue weighted by Gasteiger charge is -2.23. The van der Waals surface area contributed by atoms with Crippen molar-refractivity contribution < 1.29 is 93.7 Å². The summed E-state index contributed by atoms with van der Waals surface area (Å²) in [6, 6.07) is 0. The Morgan fingerprint density at radius 1 is 0.435 bits per heavy atom. The van der Waals surface area contributed by atoms with E-state index in [0.29, 0.717) is 12.8 Å². The summed E-state index contributed by atoms with van der Waals surface area (Å²) in [4.78, 5) is 117. The smallest absolute Gasteiger partial charge is 0.287 e. The molecule has 0 bridgehead atoms. The zero-order valence-corrected chi connectivity index (χ0v) is 56.3. The third kappa shape index (κ3) is 69.7. The molecule has 0 aromatic rings. The van der Waals surface area contributed by atoms with Crippen molar-refractivity contribution in [1.29, 1.82) is 0 Å². The predicted molar refractivity (Wildman–Crippen MR) is 334 cm³/mol. The molecule has 0 aliphatic carbocycles. The van der Waals surface area contributed by atoms with Crippen LogP contribution in [0.1, 0.15) is 207 Å². The van der Waals surface area contributed by atoms with Crippen molar-refractivity contribution >= 4 is 64.2 Å². The minimum absolute atomic E-state index is 0. The van der Waals surface area contributed by atoms with Gasteiger partial charge in [0.05, 0.1) is 24.9 Å². The van der Waals surface area contributed by atoms with E-state index < -0.39 is 53.7 Å². The molecule has 0 saturated heterocycles. The van der Waals surface area contributed by atoms with Crippen molar-refractivity contribution in [3.8, 4) is 0 Å². The van der Waals surface area contributed by atoms with Crippen LogP contribution in [0.4, 0.5) is 0 Å². The molecular formula is C61H125N5O19. The lowest BCUT2D eigenvalue weighted by Crippen LogP contribution is -2.41. The standard InChI is InChI=1S/C9H19NO3.C9H17NO3.C7H15NO3.C7H15NO.C7H14O2.C6H12O2.C6H10O2.C5H10O.C4H9NO2.CH4/c2*1-4-7(11)5-10-9(13)8(12)6(2)3;1-5(2)7(11)8-3-6(10)4-9;1-4-5-8-7(9)6(2)3;1-5(2)7(4,9)6(3)8;2*1-4(2)6(8)5(3)7;1-4(2)5(3)6;1-3(2)4(6)5-7;/h6-8,11-12H,4-5H2,1-3H3,(H,10,13);6-7,11H,4-5H2,1-3H3,(H,10,13);5-6,9-10H,3-4H2,1-2H3,(H,8,11);6H,4-5H2,1-3H3,(H,8,9);5,9H,1-4H3;4,6,8H,1-3H3;4H,1-3H3;4H,1-3H3;3,7H,1-2H3,(H,5,6);1H4. The summed E-state index contributed by atoms with van der Waals surface area (Å²) < 4.78 is 0. The number of ketones is 6. The Kier molecular flexibility index (Phi) is 72.8. The van der Waals surface area contributed by atoms with E-state index in [4.69, 9.17) is 30.7 Å². The fraction of sp³-hybridized carbons (Fsp3) is 0.820. The zero-order chi connectivity index (χ0) is 69.1. The number of Topliss-reactive ketones (excluding diaryl/α,β-unsaturated/α-hetero) is 6. The molecule has 24 nitrogen and oxygen atoms in total. The summed E-state index contributed by atoms with van der Waals surface area (Å²) in [5, 5.41) is 80.9. The molecule has 5 amide bonds. The number of carbonyl (C=O) groups excluding carboxylic acids is 11. The van der Waals surface area contributed by atoms with Crippen LogP contribution in [-0.4, -0.2) is 174 Å². The molecule has 6 atom stereocenters. The molecule has 13 N–H and O–H groups in total. The average Bonchev–Trinajstić information content (AvgIpc) is 3.41. The average molecular weight is 1230 g/mol. The fourth-order valence-electron chi connectivity index (χ4n) is 3.83. The van der Waals surface area contributed by atoms with Gasteiger partial charge in [-0.3, -0.25) is 57.9 Å². The third-order valence-corrected chi connectivity index (χ3v) is 11.1. The second kappa shape index (κ2) is 60.7. The van der Waals surface area contributed by atoms with Crippen LogP contribution in [0.25, 0.3) is 0 Å². The number of aliphatic hydroxyl groups excluding tert-OH is 6. The molecule has 508 valence electrons. The van der Waals surface area contributed by atoms with Crippen molar-refractivity contribution in [2.75, 3.05) is 32.8 Å². The molecule has 0 saturated carbocycles. The fourth-order valence-corrected chi connectivity index (χ4v) is 3.83. The Labute approximate surface area is 512 Å². The van der Waals surface area contributed by atoms with Crippen LogP contribution in [0.5, 0.6) is 0 Å². The molecule has 0 heterocycles. The maximum Gasteiger partial charge on any atom is 0.287 e. The number of amides is 5. The predicted octanol–water partition coefficient (Wildman–Crippen LogP) is 4.66. The minimum Gasteiger partial charge on any atom is -0.394 e. The number of aliphatic hydroxyl groups is 7. The number of carbonyl (C=O) groups is 11. The molecule has 0 spiro atoms. The van der Waals surface area contributed by atoms with Gasteiger partial charge >= 0.3 is 0 Å². The highest BCUT2D eigenvalue weighted by atomic mass is 16.5. The maximum absolute atomic E-state index is 11.1. The summed E-state index contributed by atoms with van der Waals surface area (Å²) in [6.07, 6.45) is -1.52. The van der Waals surface area contributed by atoms with Crippen LogP contribution in [0.15, 0.2) is 0 Å². The molecular weight excluding hydrogens is 1110 g/mol. The van der Waals surface area contributed by atoms with Crippen LogP contribution in [0.3, 0.4) is 0 Å². The monoisotopic (exact) mass is 1230 g/mol. The molecule has 0 aromatic carbocycles. The number of hydrogen-bond donors (Lipinski definition) is 13. The second-order valence-corrected chi connectivity index (χ2v) is 22.6. The Balaban J connectivity index is -0.0000000938. The van der Waals surface area contributed by atoms with E-state index in [1.807, 2.05) is 69.2 Å². The second-order valence-electron chi connectivity index (χ2n) is 22.6. The summed E-state index contributed by atoms with van der Waals surface area (Å²) in [5.74, 6) is -2.85. The number of rotatable bonds is 25. The van der Waals surface area contributed by atoms with Gasteiger partial charge < -0.3 is 57.0 Å². The Morgan fingerprint density at radius 2 is 0.765 bits per heavy atom. The molecule has 85 heavy (non-hydrogen) atoms. The van der Waals surface area contributed by atoms with Crippen LogP contribution in [0.2, 0.25) is 0 Å². The first kappa shape index (κ1) is 102. The summed E-state index contributed by atoms with van der Waals surface area (Å²) in [6.45, 7) is 45.9. The first-order valence-corrected chi connectivity index (χ1v) is 28.9. The third-order valence-electron chi connectivity index (χ3n) is 11.1. The zero-order valence-electron chi connectivity index (χ0n) is 56.3. The number of nitrogens with one attached hydrogen (secondary N) is 5. The van der Waals surface area contributed by atoms with E-state index in [9.17, 15) is 63.0 Å². The first-order valence-electron chi connectivity index (χ1n) is 28.9. The number of hydrogen-bond acceptors (Lipinski definition) is 19. The normalized spacial score (nSPS) is 12.6. The number of hydroxylamine groups is 1. The molecule has 0 aromatic heterocycles. The minimum atomic E-state index is -1.14. The topological polar surface area (TPSA) is 410 Å². The van der Waals surface area contributed by atoms with Crippen molar-refractivity contribution in [2.24, 2.45) is 53.3 Å². The lowest BCUT2D eigenvalue weighted by atomic mass is 9.89. The molecule has 24 heteroatoms. The van der Waals surface area contributed by atoms with E-state index in [1.54, 1.807) is 90.0 Å². The Bertz CT molecular complexity index is 1800. The van der Waals surface area contributed by atoms with Crippen LogP contribution in [0, 0.1) is 53.3 Å². The van der Waals surface area contributed by atoms with Gasteiger partial charge in [-0.25, -0.2) is 5.48 Å². The highest BCUT2D eigenvalue weighted by Crippen LogP contribution is 2.16. The lowest BCUT2D eigenvalue weighted by molar-refractivity contribution is -0.139. The summed E-state index contributed by atoms with van der Waals surface area (Å²) in [7, 11) is 0. The highest BCUT2D eigenvalue weighted by Gasteiger charge is 2.29. The van der Waals surface area contributed by atoms with Crippen LogP contribution >= 0.6 is 0 Å². The van der Waals surface area contributed by atoms with Gasteiger partial charge in [0.15, 0.2) is 17.3 Å². The SMILES string of the molecule is C.CC(=O)C(=O)C(C)C.CC(=O)C(C)(O)C(C)C.CC(=O)C(C)C.CC(=O)C(O)C(C)C.CC(C)C(=O)NCC(O)CO.CC(C)C(=O)NO.CCC(O)CNC(=O)C(=O)C(C)C.CCC(O)CNC(=O)C(O)C(C)C.CCCNC(=O)C(C)C. The molecule has 6 unspecified atom stereocenters. The van der Waals surface area contributed by atoms with Gasteiger partial charge in [-0.05, 0) is 64.7 Å². The summed E-state index contributed by atoms with van der Waals surface area (Å²) in [5.41, 5.74) is 0.387. The van der Waals surface area contributed by atoms with Gasteiger partial charge in [0, 0.05) is 68.6 Å². The van der Waals surface area contributed by atoms with Crippen molar-refractivity contribution in [3.05, 3.63) is 0 Å². The molecule has 0 aliphatic rings. The summed E-state index contributed by atoms with van der Waals surface area (Å²) >= 11 is 0. The molecule has 0 fully saturated rings.